The molecule has 28 heavy (non-hydrogen) atoms. The smallest absolute Gasteiger partial charge is 0.187 e. The first kappa shape index (κ1) is 18.9. The number of benzene rings is 3. The van der Waals surface area contributed by atoms with E-state index >= 15 is 0 Å². The highest BCUT2D eigenvalue weighted by atomic mass is 16.5. The number of Topliss-reactive ketones (excluding diaryl/α,β-unsaturated/α-hetero) is 1. The van der Waals surface area contributed by atoms with Crippen molar-refractivity contribution in [3.05, 3.63) is 106 Å². The maximum atomic E-state index is 12.6. The zero-order chi connectivity index (χ0) is 19.9. The molecule has 0 aliphatic rings. The summed E-state index contributed by atoms with van der Waals surface area (Å²) in [5.74, 6) is 0.609. The molecular formula is C24H18N2O2. The van der Waals surface area contributed by atoms with Crippen LogP contribution in [0.25, 0.3) is 4.85 Å². The predicted octanol–water partition coefficient (Wildman–Crippen LogP) is 5.67. The lowest BCUT2D eigenvalue weighted by Crippen LogP contribution is -2.06. The van der Waals surface area contributed by atoms with E-state index in [0.717, 1.165) is 11.1 Å². The van der Waals surface area contributed by atoms with Crippen molar-refractivity contribution < 1.29 is 9.53 Å². The molecule has 0 heterocycles. The third-order valence-corrected chi connectivity index (χ3v) is 4.41. The van der Waals surface area contributed by atoms with E-state index in [4.69, 9.17) is 16.6 Å². The molecule has 0 spiro atoms. The van der Waals surface area contributed by atoms with Crippen molar-refractivity contribution >= 4 is 11.5 Å². The maximum absolute atomic E-state index is 12.6. The number of ether oxygens (including phenoxy) is 1. The first-order valence-corrected chi connectivity index (χ1v) is 8.85. The normalized spacial score (nSPS) is 11.1. The summed E-state index contributed by atoms with van der Waals surface area (Å²) in [6.45, 7) is 8.91. The van der Waals surface area contributed by atoms with Crippen LogP contribution in [0.2, 0.25) is 0 Å². The predicted molar refractivity (Wildman–Crippen MR) is 107 cm³/mol. The van der Waals surface area contributed by atoms with Crippen LogP contribution in [-0.2, 0) is 6.42 Å². The van der Waals surface area contributed by atoms with Crippen LogP contribution in [0, 0.1) is 17.9 Å². The lowest BCUT2D eigenvalue weighted by Gasteiger charge is -2.15. The second-order valence-electron chi connectivity index (χ2n) is 6.40. The molecule has 0 amide bonds. The highest BCUT2D eigenvalue weighted by molar-refractivity contribution is 5.97. The molecule has 1 atom stereocenters. The summed E-state index contributed by atoms with van der Waals surface area (Å²) in [6, 6.07) is 23.5. The average molecular weight is 366 g/mol. The Morgan fingerprint density at radius 1 is 1.11 bits per heavy atom. The van der Waals surface area contributed by atoms with Gasteiger partial charge in [-0.05, 0) is 42.3 Å². The topological polar surface area (TPSA) is 54.5 Å². The van der Waals surface area contributed by atoms with Gasteiger partial charge in [0, 0.05) is 12.0 Å². The zero-order valence-electron chi connectivity index (χ0n) is 15.4. The van der Waals surface area contributed by atoms with Crippen molar-refractivity contribution in [2.24, 2.45) is 0 Å². The van der Waals surface area contributed by atoms with Gasteiger partial charge in [0.05, 0.1) is 18.2 Å². The van der Waals surface area contributed by atoms with E-state index in [-0.39, 0.29) is 18.3 Å². The van der Waals surface area contributed by atoms with Crippen LogP contribution in [0.3, 0.4) is 0 Å². The molecule has 0 unspecified atom stereocenters. The number of nitriles is 1. The van der Waals surface area contributed by atoms with Crippen LogP contribution in [0.15, 0.2) is 72.8 Å². The molecular weight excluding hydrogens is 348 g/mol. The zero-order valence-corrected chi connectivity index (χ0v) is 15.4. The Hall–Kier alpha value is -3.89. The van der Waals surface area contributed by atoms with E-state index in [1.54, 1.807) is 54.6 Å². The van der Waals surface area contributed by atoms with E-state index in [0.29, 0.717) is 22.6 Å². The van der Waals surface area contributed by atoms with Gasteiger partial charge >= 0.3 is 0 Å². The molecule has 3 aromatic rings. The van der Waals surface area contributed by atoms with Gasteiger partial charge in [-0.25, -0.2) is 4.85 Å². The van der Waals surface area contributed by atoms with Crippen LogP contribution < -0.4 is 4.74 Å². The Kier molecular flexibility index (Phi) is 5.84. The van der Waals surface area contributed by atoms with Gasteiger partial charge in [-0.3, -0.25) is 4.79 Å². The standard InChI is InChI=1S/C24H18N2O2/c1-17(20-10-6-19(16-25)7-11-20)28-23-5-3-4-21(15-23)24(27)14-18-8-12-22(26-2)13-9-18/h3-13,15,17H,14H2,1H3/t17-/m1/s1. The third kappa shape index (κ3) is 4.63. The molecule has 136 valence electrons. The highest BCUT2D eigenvalue weighted by Gasteiger charge is 2.11. The SMILES string of the molecule is [C-]#[N+]c1ccc(CC(=O)c2cccc(O[C@H](C)c3ccc(C#N)cc3)c2)cc1. The van der Waals surface area contributed by atoms with Crippen LogP contribution in [-0.4, -0.2) is 5.78 Å². The minimum Gasteiger partial charge on any atom is -0.486 e. The first-order valence-electron chi connectivity index (χ1n) is 8.85. The fourth-order valence-corrected chi connectivity index (χ4v) is 2.82. The quantitative estimate of drug-likeness (QED) is 0.417. The van der Waals surface area contributed by atoms with Crippen molar-refractivity contribution in [2.45, 2.75) is 19.4 Å². The summed E-state index contributed by atoms with van der Waals surface area (Å²) in [7, 11) is 0. The largest absolute Gasteiger partial charge is 0.486 e. The molecule has 0 aliphatic heterocycles. The van der Waals surface area contributed by atoms with Crippen molar-refractivity contribution in [3.63, 3.8) is 0 Å². The molecule has 0 N–H and O–H groups in total. The average Bonchev–Trinajstić information content (AvgIpc) is 2.74. The monoisotopic (exact) mass is 366 g/mol. The third-order valence-electron chi connectivity index (χ3n) is 4.41. The lowest BCUT2D eigenvalue weighted by atomic mass is 10.0. The fourth-order valence-electron chi connectivity index (χ4n) is 2.82. The summed E-state index contributed by atoms with van der Waals surface area (Å²) in [5.41, 5.74) is 3.57. The molecule has 0 saturated carbocycles. The number of hydrogen-bond acceptors (Lipinski definition) is 3. The van der Waals surface area contributed by atoms with Crippen LogP contribution in [0.5, 0.6) is 5.75 Å². The molecule has 0 radical (unpaired) electrons. The Balaban J connectivity index is 1.69. The molecule has 4 nitrogen and oxygen atoms in total. The molecule has 0 saturated heterocycles. The molecule has 0 bridgehead atoms. The molecule has 3 rings (SSSR count). The van der Waals surface area contributed by atoms with Gasteiger partial charge in [-0.1, -0.05) is 48.5 Å². The Morgan fingerprint density at radius 2 is 1.82 bits per heavy atom. The molecule has 0 aromatic heterocycles. The Morgan fingerprint density at radius 3 is 2.46 bits per heavy atom. The van der Waals surface area contributed by atoms with Crippen LogP contribution in [0.1, 0.15) is 40.1 Å². The van der Waals surface area contributed by atoms with Crippen molar-refractivity contribution in [1.29, 1.82) is 5.26 Å². The lowest BCUT2D eigenvalue weighted by molar-refractivity contribution is 0.0992. The maximum Gasteiger partial charge on any atom is 0.187 e. The van der Waals surface area contributed by atoms with Crippen molar-refractivity contribution in [1.82, 2.24) is 0 Å². The van der Waals surface area contributed by atoms with Gasteiger partial charge in [0.1, 0.15) is 11.9 Å². The Labute approximate surface area is 164 Å². The number of hydrogen-bond donors (Lipinski definition) is 0. The number of carbonyl (C=O) groups is 1. The van der Waals surface area contributed by atoms with Crippen LogP contribution in [0.4, 0.5) is 5.69 Å². The summed E-state index contributed by atoms with van der Waals surface area (Å²) in [5, 5.41) is 8.89. The minimum absolute atomic E-state index is 0.00737. The summed E-state index contributed by atoms with van der Waals surface area (Å²) in [4.78, 5) is 16.0. The fraction of sp³-hybridized carbons (Fsp3) is 0.125. The number of rotatable bonds is 6. The van der Waals surface area contributed by atoms with Gasteiger partial charge < -0.3 is 4.74 Å². The summed E-state index contributed by atoms with van der Waals surface area (Å²) < 4.78 is 5.98. The van der Waals surface area contributed by atoms with Crippen LogP contribution >= 0.6 is 0 Å². The molecule has 3 aromatic carbocycles. The van der Waals surface area contributed by atoms with Gasteiger partial charge in [0.15, 0.2) is 11.5 Å². The Bertz CT molecular complexity index is 1060. The van der Waals surface area contributed by atoms with E-state index in [2.05, 4.69) is 10.9 Å². The molecule has 0 fully saturated rings. The minimum atomic E-state index is -0.209. The van der Waals surface area contributed by atoms with Crippen molar-refractivity contribution in [3.8, 4) is 11.8 Å². The van der Waals surface area contributed by atoms with Gasteiger partial charge in [-0.2, -0.15) is 5.26 Å². The second kappa shape index (κ2) is 8.66. The van der Waals surface area contributed by atoms with E-state index in [1.807, 2.05) is 25.1 Å². The number of carbonyl (C=O) groups excluding carboxylic acids is 1. The van der Waals surface area contributed by atoms with E-state index in [9.17, 15) is 4.79 Å². The van der Waals surface area contributed by atoms with Crippen molar-refractivity contribution in [2.75, 3.05) is 0 Å². The second-order valence-corrected chi connectivity index (χ2v) is 6.40. The molecule has 0 aliphatic carbocycles. The highest BCUT2D eigenvalue weighted by Crippen LogP contribution is 2.24. The van der Waals surface area contributed by atoms with Gasteiger partial charge in [-0.15, -0.1) is 0 Å². The summed E-state index contributed by atoms with van der Waals surface area (Å²) >= 11 is 0. The van der Waals surface area contributed by atoms with Gasteiger partial charge in [0.2, 0.25) is 0 Å². The number of ketones is 1. The summed E-state index contributed by atoms with van der Waals surface area (Å²) in [6.07, 6.45) is 0.0617. The van der Waals surface area contributed by atoms with E-state index in [1.165, 1.54) is 0 Å². The van der Waals surface area contributed by atoms with E-state index < -0.39 is 0 Å². The van der Waals surface area contributed by atoms with Gasteiger partial charge in [0.25, 0.3) is 0 Å². The first-order chi connectivity index (χ1) is 13.6. The molecule has 4 heteroatoms. The number of nitrogens with zero attached hydrogens (tertiary/aromatic N) is 2.